The van der Waals surface area contributed by atoms with E-state index in [0.29, 0.717) is 0 Å². The van der Waals surface area contributed by atoms with Crippen LogP contribution in [0.2, 0.25) is 0 Å². The van der Waals surface area contributed by atoms with Crippen LogP contribution in [0, 0.1) is 0 Å². The number of aromatic nitrogens is 3. The Hall–Kier alpha value is -0.850. The fraction of sp³-hybridized carbons (Fsp3) is 0.462. The smallest absolute Gasteiger partial charge is 0.166 e. The Morgan fingerprint density at radius 1 is 1.32 bits per heavy atom. The van der Waals surface area contributed by atoms with Gasteiger partial charge >= 0.3 is 0 Å². The minimum Gasteiger partial charge on any atom is -0.314 e. The monoisotopic (exact) mass is 338 g/mol. The zero-order valence-corrected chi connectivity index (χ0v) is 12.9. The van der Waals surface area contributed by atoms with Crippen molar-refractivity contribution in [2.75, 3.05) is 6.54 Å². The fourth-order valence-electron chi connectivity index (χ4n) is 1.79. The van der Waals surface area contributed by atoms with Crippen molar-refractivity contribution in [3.05, 3.63) is 27.8 Å². The summed E-state index contributed by atoms with van der Waals surface area (Å²) in [4.78, 5) is 4.34. The highest BCUT2D eigenvalue weighted by atomic mass is 79.9. The van der Waals surface area contributed by atoms with Gasteiger partial charge in [0.05, 0.1) is 0 Å². The van der Waals surface area contributed by atoms with E-state index >= 15 is 0 Å². The summed E-state index contributed by atoms with van der Waals surface area (Å²) in [6, 6.07) is 4.73. The lowest BCUT2D eigenvalue weighted by atomic mass is 10.3. The van der Waals surface area contributed by atoms with Gasteiger partial charge in [-0.1, -0.05) is 11.3 Å². The van der Waals surface area contributed by atoms with Gasteiger partial charge in [0.15, 0.2) is 5.01 Å². The number of hydrogen-bond acceptors (Lipinski definition) is 5. The molecule has 19 heavy (non-hydrogen) atoms. The SMILES string of the molecule is Brc1ccc(-c2nnc(CCCNC3CC3)s2)nc1. The first-order chi connectivity index (χ1) is 9.31. The highest BCUT2D eigenvalue weighted by Gasteiger charge is 2.19. The van der Waals surface area contributed by atoms with E-state index in [1.165, 1.54) is 12.8 Å². The Labute approximate surface area is 124 Å². The van der Waals surface area contributed by atoms with E-state index in [9.17, 15) is 0 Å². The van der Waals surface area contributed by atoms with Crippen LogP contribution in [-0.2, 0) is 6.42 Å². The summed E-state index contributed by atoms with van der Waals surface area (Å²) in [7, 11) is 0. The molecule has 3 rings (SSSR count). The molecule has 2 aromatic rings. The molecule has 1 N–H and O–H groups in total. The maximum Gasteiger partial charge on any atom is 0.166 e. The van der Waals surface area contributed by atoms with E-state index in [-0.39, 0.29) is 0 Å². The molecular weight excluding hydrogens is 324 g/mol. The standard InChI is InChI=1S/C13H15BrN4S/c14-9-3-6-11(16-8-9)13-18-17-12(19-13)2-1-7-15-10-4-5-10/h3,6,8,10,15H,1-2,4-5,7H2. The summed E-state index contributed by atoms with van der Waals surface area (Å²) >= 11 is 5.02. The molecule has 4 nitrogen and oxygen atoms in total. The van der Waals surface area contributed by atoms with Gasteiger partial charge in [-0.05, 0) is 53.9 Å². The molecule has 0 amide bonds. The third-order valence-corrected chi connectivity index (χ3v) is 4.47. The molecule has 6 heteroatoms. The molecule has 1 fully saturated rings. The van der Waals surface area contributed by atoms with Crippen molar-refractivity contribution in [2.45, 2.75) is 31.7 Å². The summed E-state index contributed by atoms with van der Waals surface area (Å²) < 4.78 is 0.979. The molecule has 2 heterocycles. The summed E-state index contributed by atoms with van der Waals surface area (Å²) in [5.74, 6) is 0. The number of hydrogen-bond donors (Lipinski definition) is 1. The van der Waals surface area contributed by atoms with Gasteiger partial charge in [-0.15, -0.1) is 10.2 Å². The molecule has 0 radical (unpaired) electrons. The van der Waals surface area contributed by atoms with Crippen molar-refractivity contribution in [3.8, 4) is 10.7 Å². The number of rotatable bonds is 6. The molecular formula is C13H15BrN4S. The molecule has 2 aromatic heterocycles. The van der Waals surface area contributed by atoms with Crippen LogP contribution in [-0.4, -0.2) is 27.8 Å². The highest BCUT2D eigenvalue weighted by molar-refractivity contribution is 9.10. The average Bonchev–Trinajstić information content (AvgIpc) is 3.13. The molecule has 0 aliphatic heterocycles. The van der Waals surface area contributed by atoms with Gasteiger partial charge in [0.2, 0.25) is 0 Å². The van der Waals surface area contributed by atoms with Crippen molar-refractivity contribution in [1.82, 2.24) is 20.5 Å². The predicted octanol–water partition coefficient (Wildman–Crippen LogP) is 3.05. The van der Waals surface area contributed by atoms with Crippen LogP contribution in [0.1, 0.15) is 24.3 Å². The van der Waals surface area contributed by atoms with Gasteiger partial charge in [-0.2, -0.15) is 0 Å². The number of pyridine rings is 1. The Kier molecular flexibility index (Phi) is 4.20. The molecule has 0 unspecified atom stereocenters. The lowest BCUT2D eigenvalue weighted by molar-refractivity contribution is 0.643. The van der Waals surface area contributed by atoms with Crippen molar-refractivity contribution >= 4 is 27.3 Å². The zero-order valence-electron chi connectivity index (χ0n) is 10.5. The lowest BCUT2D eigenvalue weighted by Gasteiger charge is -1.99. The third-order valence-electron chi connectivity index (χ3n) is 2.99. The molecule has 0 bridgehead atoms. The lowest BCUT2D eigenvalue weighted by Crippen LogP contribution is -2.17. The molecule has 1 saturated carbocycles. The molecule has 1 aliphatic carbocycles. The van der Waals surface area contributed by atoms with E-state index in [4.69, 9.17) is 0 Å². The van der Waals surface area contributed by atoms with Gasteiger partial charge in [-0.3, -0.25) is 4.98 Å². The Bertz CT molecular complexity index is 536. The first-order valence-corrected chi connectivity index (χ1v) is 8.10. The van der Waals surface area contributed by atoms with Crippen LogP contribution in [0.25, 0.3) is 10.7 Å². The molecule has 0 aromatic carbocycles. The predicted molar refractivity (Wildman–Crippen MR) is 80.2 cm³/mol. The Morgan fingerprint density at radius 3 is 2.95 bits per heavy atom. The maximum absolute atomic E-state index is 4.34. The van der Waals surface area contributed by atoms with E-state index < -0.39 is 0 Å². The second-order valence-corrected chi connectivity index (χ2v) is 6.67. The summed E-state index contributed by atoms with van der Waals surface area (Å²) in [5, 5.41) is 14.0. The number of nitrogens with one attached hydrogen (secondary N) is 1. The number of halogens is 1. The molecule has 1 aliphatic rings. The second kappa shape index (κ2) is 6.07. The minimum atomic E-state index is 0.789. The molecule has 0 spiro atoms. The van der Waals surface area contributed by atoms with Crippen molar-refractivity contribution < 1.29 is 0 Å². The van der Waals surface area contributed by atoms with E-state index in [0.717, 1.165) is 45.6 Å². The van der Waals surface area contributed by atoms with Crippen molar-refractivity contribution in [3.63, 3.8) is 0 Å². The van der Waals surface area contributed by atoms with E-state index in [1.807, 2.05) is 12.1 Å². The van der Waals surface area contributed by atoms with Gasteiger partial charge in [0.1, 0.15) is 10.7 Å². The first-order valence-electron chi connectivity index (χ1n) is 6.49. The topological polar surface area (TPSA) is 50.7 Å². The van der Waals surface area contributed by atoms with Gasteiger partial charge in [-0.25, -0.2) is 0 Å². The fourth-order valence-corrected chi connectivity index (χ4v) is 2.89. The summed E-state index contributed by atoms with van der Waals surface area (Å²) in [6.07, 6.45) is 6.60. The third kappa shape index (κ3) is 3.81. The number of nitrogens with zero attached hydrogens (tertiary/aromatic N) is 3. The van der Waals surface area contributed by atoms with E-state index in [1.54, 1.807) is 17.5 Å². The van der Waals surface area contributed by atoms with Crippen LogP contribution >= 0.6 is 27.3 Å². The minimum absolute atomic E-state index is 0.789. The summed E-state index contributed by atoms with van der Waals surface area (Å²) in [6.45, 7) is 1.08. The largest absolute Gasteiger partial charge is 0.314 e. The highest BCUT2D eigenvalue weighted by Crippen LogP contribution is 2.23. The molecule has 0 saturated heterocycles. The van der Waals surface area contributed by atoms with Crippen LogP contribution in [0.4, 0.5) is 0 Å². The normalized spacial score (nSPS) is 14.8. The van der Waals surface area contributed by atoms with Gasteiger partial charge < -0.3 is 5.32 Å². The molecule has 0 atom stereocenters. The van der Waals surface area contributed by atoms with Crippen LogP contribution in [0.5, 0.6) is 0 Å². The van der Waals surface area contributed by atoms with Crippen molar-refractivity contribution in [2.24, 2.45) is 0 Å². The van der Waals surface area contributed by atoms with Crippen LogP contribution in [0.15, 0.2) is 22.8 Å². The Balaban J connectivity index is 1.54. The van der Waals surface area contributed by atoms with Crippen LogP contribution in [0.3, 0.4) is 0 Å². The quantitative estimate of drug-likeness (QED) is 0.822. The van der Waals surface area contributed by atoms with Crippen molar-refractivity contribution in [1.29, 1.82) is 0 Å². The van der Waals surface area contributed by atoms with Crippen LogP contribution < -0.4 is 5.32 Å². The van der Waals surface area contributed by atoms with Gasteiger partial charge in [0.25, 0.3) is 0 Å². The average molecular weight is 339 g/mol. The number of aryl methyl sites for hydroxylation is 1. The first kappa shape index (κ1) is 13.1. The van der Waals surface area contributed by atoms with E-state index in [2.05, 4.69) is 36.4 Å². The zero-order chi connectivity index (χ0) is 13.1. The maximum atomic E-state index is 4.34. The summed E-state index contributed by atoms with van der Waals surface area (Å²) in [5.41, 5.74) is 0.892. The Morgan fingerprint density at radius 2 is 2.21 bits per heavy atom. The second-order valence-electron chi connectivity index (χ2n) is 4.69. The van der Waals surface area contributed by atoms with Gasteiger partial charge in [0, 0.05) is 23.1 Å². The molecule has 100 valence electrons.